The normalized spacial score (nSPS) is 32.8. The first-order chi connectivity index (χ1) is 8.14. The molecule has 0 unspecified atom stereocenters. The van der Waals surface area contributed by atoms with E-state index in [-0.39, 0.29) is 11.9 Å². The molecular formula is C13H18O4. The average molecular weight is 238 g/mol. The van der Waals surface area contributed by atoms with Crippen molar-refractivity contribution in [1.82, 2.24) is 0 Å². The van der Waals surface area contributed by atoms with Gasteiger partial charge in [-0.1, -0.05) is 0 Å². The minimum Gasteiger partial charge on any atom is -0.468 e. The molecule has 0 saturated heterocycles. The second kappa shape index (κ2) is 4.51. The molecule has 2 aliphatic rings. The summed E-state index contributed by atoms with van der Waals surface area (Å²) in [6, 6.07) is 0. The molecule has 2 rings (SSSR count). The minimum atomic E-state index is -0.536. The average Bonchev–Trinajstić information content (AvgIpc) is 2.85. The molecule has 2 bridgehead atoms. The largest absolute Gasteiger partial charge is 0.468 e. The highest BCUT2D eigenvalue weighted by molar-refractivity contribution is 5.88. The van der Waals surface area contributed by atoms with Gasteiger partial charge in [0.15, 0.2) is 0 Å². The Bertz CT molecular complexity index is 362. The lowest BCUT2D eigenvalue weighted by Gasteiger charge is -2.23. The van der Waals surface area contributed by atoms with Crippen LogP contribution in [0.3, 0.4) is 0 Å². The van der Waals surface area contributed by atoms with E-state index in [4.69, 9.17) is 9.47 Å². The lowest BCUT2D eigenvalue weighted by atomic mass is 9.82. The van der Waals surface area contributed by atoms with Crippen LogP contribution in [-0.2, 0) is 19.1 Å². The lowest BCUT2D eigenvalue weighted by Crippen LogP contribution is -2.29. The number of esters is 2. The zero-order valence-electron chi connectivity index (χ0n) is 10.3. The summed E-state index contributed by atoms with van der Waals surface area (Å²) in [5.74, 6) is -0.184. The molecule has 0 aromatic heterocycles. The predicted molar refractivity (Wildman–Crippen MR) is 61.1 cm³/mol. The Labute approximate surface area is 101 Å². The summed E-state index contributed by atoms with van der Waals surface area (Å²) in [6.07, 6.45) is 5.07. The molecule has 0 amide bonds. The van der Waals surface area contributed by atoms with Crippen LogP contribution in [0, 0.1) is 11.3 Å². The number of fused-ring (bicyclic) bond motifs is 2. The second-order valence-electron chi connectivity index (χ2n) is 4.70. The standard InChI is InChI=1S/C13H18O4/c1-3-17-11(14)8-10-9-4-6-13(10,7-5-9)12(15)16-2/h8-9H,3-7H2,1-2H3/b10-8-. The molecule has 0 aromatic rings. The topological polar surface area (TPSA) is 52.6 Å². The van der Waals surface area contributed by atoms with Crippen LogP contribution in [0.5, 0.6) is 0 Å². The lowest BCUT2D eigenvalue weighted by molar-refractivity contribution is -0.150. The van der Waals surface area contributed by atoms with E-state index in [1.165, 1.54) is 13.2 Å². The van der Waals surface area contributed by atoms with Gasteiger partial charge in [0.2, 0.25) is 0 Å². The van der Waals surface area contributed by atoms with Crippen molar-refractivity contribution in [3.05, 3.63) is 11.6 Å². The van der Waals surface area contributed by atoms with Gasteiger partial charge in [-0.25, -0.2) is 4.79 Å². The molecule has 0 N–H and O–H groups in total. The van der Waals surface area contributed by atoms with Crippen molar-refractivity contribution in [2.24, 2.45) is 11.3 Å². The van der Waals surface area contributed by atoms with Gasteiger partial charge in [-0.15, -0.1) is 0 Å². The molecule has 0 aliphatic heterocycles. The van der Waals surface area contributed by atoms with Crippen LogP contribution < -0.4 is 0 Å². The van der Waals surface area contributed by atoms with E-state index in [1.54, 1.807) is 6.92 Å². The fourth-order valence-electron chi connectivity index (χ4n) is 3.19. The monoisotopic (exact) mass is 238 g/mol. The Morgan fingerprint density at radius 2 is 2.06 bits per heavy atom. The van der Waals surface area contributed by atoms with E-state index in [1.807, 2.05) is 0 Å². The number of methoxy groups -OCH3 is 1. The van der Waals surface area contributed by atoms with E-state index in [0.29, 0.717) is 12.5 Å². The smallest absolute Gasteiger partial charge is 0.330 e. The van der Waals surface area contributed by atoms with Crippen molar-refractivity contribution >= 4 is 11.9 Å². The van der Waals surface area contributed by atoms with Crippen LogP contribution >= 0.6 is 0 Å². The predicted octanol–water partition coefficient (Wildman–Crippen LogP) is 1.84. The molecule has 0 aromatic carbocycles. The highest BCUT2D eigenvalue weighted by Crippen LogP contribution is 2.58. The summed E-state index contributed by atoms with van der Waals surface area (Å²) in [7, 11) is 1.41. The van der Waals surface area contributed by atoms with Crippen molar-refractivity contribution < 1.29 is 19.1 Å². The summed E-state index contributed by atoms with van der Waals surface area (Å²) in [5.41, 5.74) is 0.398. The third-order valence-corrected chi connectivity index (χ3v) is 3.97. The molecule has 4 nitrogen and oxygen atoms in total. The van der Waals surface area contributed by atoms with Crippen LogP contribution in [0.15, 0.2) is 11.6 Å². The van der Waals surface area contributed by atoms with Crippen LogP contribution in [0.2, 0.25) is 0 Å². The van der Waals surface area contributed by atoms with Crippen molar-refractivity contribution in [2.75, 3.05) is 13.7 Å². The molecule has 4 heteroatoms. The molecule has 2 fully saturated rings. The van der Waals surface area contributed by atoms with Crippen LogP contribution in [-0.4, -0.2) is 25.7 Å². The Balaban J connectivity index is 2.27. The van der Waals surface area contributed by atoms with Gasteiger partial charge in [-0.3, -0.25) is 4.79 Å². The van der Waals surface area contributed by atoms with Gasteiger partial charge >= 0.3 is 11.9 Å². The Morgan fingerprint density at radius 3 is 2.59 bits per heavy atom. The Hall–Kier alpha value is -1.32. The van der Waals surface area contributed by atoms with Gasteiger partial charge in [-0.2, -0.15) is 0 Å². The van der Waals surface area contributed by atoms with Gasteiger partial charge < -0.3 is 9.47 Å². The Kier molecular flexibility index (Phi) is 3.22. The molecule has 17 heavy (non-hydrogen) atoms. The summed E-state index contributed by atoms with van der Waals surface area (Å²) < 4.78 is 9.81. The molecule has 0 spiro atoms. The number of carbonyl (C=O) groups excluding carboxylic acids is 2. The van der Waals surface area contributed by atoms with Crippen molar-refractivity contribution in [3.63, 3.8) is 0 Å². The van der Waals surface area contributed by atoms with Gasteiger partial charge in [-0.05, 0) is 44.1 Å². The van der Waals surface area contributed by atoms with E-state index >= 15 is 0 Å². The SMILES string of the molecule is CCOC(=O)/C=C1/C2CCC1(C(=O)OC)CC2. The van der Waals surface area contributed by atoms with E-state index in [2.05, 4.69) is 0 Å². The van der Waals surface area contributed by atoms with E-state index < -0.39 is 5.41 Å². The zero-order valence-corrected chi connectivity index (χ0v) is 10.3. The maximum Gasteiger partial charge on any atom is 0.330 e. The van der Waals surface area contributed by atoms with Crippen LogP contribution in [0.4, 0.5) is 0 Å². The third kappa shape index (κ3) is 1.85. The molecule has 94 valence electrons. The Morgan fingerprint density at radius 1 is 1.41 bits per heavy atom. The number of hydrogen-bond acceptors (Lipinski definition) is 4. The summed E-state index contributed by atoms with van der Waals surface area (Å²) >= 11 is 0. The second-order valence-corrected chi connectivity index (χ2v) is 4.70. The van der Waals surface area contributed by atoms with Crippen LogP contribution in [0.25, 0.3) is 0 Å². The number of ether oxygens (including phenoxy) is 2. The summed E-state index contributed by atoms with van der Waals surface area (Å²) in [4.78, 5) is 23.4. The molecule has 2 aliphatic carbocycles. The maximum absolute atomic E-state index is 11.9. The van der Waals surface area contributed by atoms with Crippen molar-refractivity contribution in [3.8, 4) is 0 Å². The summed E-state index contributed by atoms with van der Waals surface area (Å²) in [5, 5.41) is 0. The molecule has 2 saturated carbocycles. The number of carbonyl (C=O) groups is 2. The van der Waals surface area contributed by atoms with Crippen LogP contribution in [0.1, 0.15) is 32.6 Å². The van der Waals surface area contributed by atoms with Gasteiger partial charge in [0.1, 0.15) is 0 Å². The van der Waals surface area contributed by atoms with Crippen molar-refractivity contribution in [1.29, 1.82) is 0 Å². The number of hydrogen-bond donors (Lipinski definition) is 0. The maximum atomic E-state index is 11.9. The minimum absolute atomic E-state index is 0.201. The molecular weight excluding hydrogens is 220 g/mol. The molecule has 0 atom stereocenters. The summed E-state index contributed by atoms with van der Waals surface area (Å²) in [6.45, 7) is 2.13. The quantitative estimate of drug-likeness (QED) is 0.556. The molecule has 0 radical (unpaired) electrons. The highest BCUT2D eigenvalue weighted by Gasteiger charge is 2.55. The first kappa shape index (κ1) is 12.1. The van der Waals surface area contributed by atoms with Gasteiger partial charge in [0.05, 0.1) is 19.1 Å². The third-order valence-electron chi connectivity index (χ3n) is 3.97. The first-order valence-electron chi connectivity index (χ1n) is 6.11. The van der Waals surface area contributed by atoms with Gasteiger partial charge in [0.25, 0.3) is 0 Å². The van der Waals surface area contributed by atoms with Gasteiger partial charge in [0, 0.05) is 6.08 Å². The van der Waals surface area contributed by atoms with E-state index in [0.717, 1.165) is 31.3 Å². The van der Waals surface area contributed by atoms with E-state index in [9.17, 15) is 9.59 Å². The first-order valence-corrected chi connectivity index (χ1v) is 6.11. The fourth-order valence-corrected chi connectivity index (χ4v) is 3.19. The van der Waals surface area contributed by atoms with Crippen molar-refractivity contribution in [2.45, 2.75) is 32.6 Å². The number of rotatable bonds is 3. The highest BCUT2D eigenvalue weighted by atomic mass is 16.5. The zero-order chi connectivity index (χ0) is 12.5. The molecule has 0 heterocycles. The fraction of sp³-hybridized carbons (Fsp3) is 0.692.